The Kier molecular flexibility index (Phi) is 6.49. The fraction of sp³-hybridized carbons (Fsp3) is 0.385. The monoisotopic (exact) mass is 429 g/mol. The molecule has 0 saturated carbocycles. The number of nitrogens with zero attached hydrogens (tertiary/aromatic N) is 5. The van der Waals surface area contributed by atoms with E-state index in [1.165, 1.54) is 5.56 Å². The van der Waals surface area contributed by atoms with Crippen molar-refractivity contribution in [3.63, 3.8) is 0 Å². The number of pyridine rings is 1. The average Bonchev–Trinajstić information content (AvgIpc) is 2.80. The van der Waals surface area contributed by atoms with Gasteiger partial charge >= 0.3 is 0 Å². The van der Waals surface area contributed by atoms with Crippen molar-refractivity contribution in [2.45, 2.75) is 45.6 Å². The van der Waals surface area contributed by atoms with Gasteiger partial charge in [0, 0.05) is 44.8 Å². The predicted molar refractivity (Wildman–Crippen MR) is 128 cm³/mol. The molecule has 1 aromatic carbocycles. The molecule has 1 saturated heterocycles. The van der Waals surface area contributed by atoms with Crippen LogP contribution in [0, 0.1) is 13.8 Å². The van der Waals surface area contributed by atoms with Crippen molar-refractivity contribution < 1.29 is 4.79 Å². The zero-order valence-corrected chi connectivity index (χ0v) is 19.4. The van der Waals surface area contributed by atoms with Crippen molar-refractivity contribution in [1.29, 1.82) is 0 Å². The summed E-state index contributed by atoms with van der Waals surface area (Å²) in [5.41, 5.74) is 6.30. The van der Waals surface area contributed by atoms with E-state index < -0.39 is 0 Å². The molecule has 1 atom stereocenters. The van der Waals surface area contributed by atoms with Gasteiger partial charge in [-0.15, -0.1) is 0 Å². The molecule has 1 fully saturated rings. The summed E-state index contributed by atoms with van der Waals surface area (Å²) < 4.78 is 0. The van der Waals surface area contributed by atoms with Crippen LogP contribution in [0.5, 0.6) is 0 Å². The van der Waals surface area contributed by atoms with Gasteiger partial charge in [-0.25, -0.2) is 9.97 Å². The molecule has 166 valence electrons. The first-order valence-electron chi connectivity index (χ1n) is 11.2. The van der Waals surface area contributed by atoms with Gasteiger partial charge in [-0.05, 0) is 55.9 Å². The molecule has 3 heterocycles. The quantitative estimate of drug-likeness (QED) is 0.597. The van der Waals surface area contributed by atoms with Crippen molar-refractivity contribution in [2.75, 3.05) is 25.5 Å². The molecule has 1 aliphatic heterocycles. The molecule has 4 rings (SSSR count). The summed E-state index contributed by atoms with van der Waals surface area (Å²) in [6, 6.07) is 10.2. The number of hydrogen-bond donors (Lipinski definition) is 0. The molecule has 1 amide bonds. The number of anilines is 1. The fourth-order valence-corrected chi connectivity index (χ4v) is 4.33. The van der Waals surface area contributed by atoms with E-state index in [4.69, 9.17) is 4.98 Å². The van der Waals surface area contributed by atoms with Crippen molar-refractivity contribution in [3.05, 3.63) is 71.3 Å². The molecule has 3 aromatic rings. The van der Waals surface area contributed by atoms with Crippen LogP contribution in [-0.2, 0) is 11.2 Å². The van der Waals surface area contributed by atoms with Crippen LogP contribution in [-0.4, -0.2) is 46.4 Å². The largest absolute Gasteiger partial charge is 0.347 e. The van der Waals surface area contributed by atoms with Gasteiger partial charge in [-0.2, -0.15) is 0 Å². The lowest BCUT2D eigenvalue weighted by Gasteiger charge is -2.36. The first kappa shape index (κ1) is 21.9. The molecular weight excluding hydrogens is 398 g/mol. The van der Waals surface area contributed by atoms with Crippen LogP contribution in [0.2, 0.25) is 0 Å². The zero-order chi connectivity index (χ0) is 22.7. The second kappa shape index (κ2) is 9.47. The van der Waals surface area contributed by atoms with Gasteiger partial charge in [-0.1, -0.05) is 29.8 Å². The smallest absolute Gasteiger partial charge is 0.227 e. The molecule has 6 heteroatoms. The summed E-state index contributed by atoms with van der Waals surface area (Å²) in [4.78, 5) is 31.2. The van der Waals surface area contributed by atoms with E-state index in [1.807, 2.05) is 61.4 Å². The highest BCUT2D eigenvalue weighted by atomic mass is 16.2. The van der Waals surface area contributed by atoms with Crippen LogP contribution < -0.4 is 4.90 Å². The number of carbonyl (C=O) groups excluding carboxylic acids is 1. The highest BCUT2D eigenvalue weighted by molar-refractivity contribution is 5.80. The third-order valence-corrected chi connectivity index (χ3v) is 6.13. The van der Waals surface area contributed by atoms with E-state index in [2.05, 4.69) is 29.0 Å². The number of rotatable bonds is 5. The number of aromatic nitrogens is 3. The predicted octanol–water partition coefficient (Wildman–Crippen LogP) is 4.52. The summed E-state index contributed by atoms with van der Waals surface area (Å²) in [5.74, 6) is 0.813. The maximum absolute atomic E-state index is 13.4. The van der Waals surface area contributed by atoms with Crippen molar-refractivity contribution in [2.24, 2.45) is 0 Å². The SMILES string of the molecule is Cc1ccc(CC(=O)N2CCCC[C@@H]2c2nc(N(C)C)ncc2-c2ccncc2C)cc1. The fourth-order valence-electron chi connectivity index (χ4n) is 4.33. The van der Waals surface area contributed by atoms with E-state index in [9.17, 15) is 4.79 Å². The number of hydrogen-bond acceptors (Lipinski definition) is 5. The summed E-state index contributed by atoms with van der Waals surface area (Å²) in [7, 11) is 3.88. The van der Waals surface area contributed by atoms with Gasteiger partial charge < -0.3 is 9.80 Å². The standard InChI is InChI=1S/C26H31N5O/c1-18-8-10-20(11-9-18)15-24(32)31-14-6-5-7-23(31)25-22(17-28-26(29-25)30(3)4)21-12-13-27-16-19(21)2/h8-13,16-17,23H,5-7,14-15H2,1-4H3/t23-/m1/s1. The Morgan fingerprint density at radius 3 is 2.56 bits per heavy atom. The maximum Gasteiger partial charge on any atom is 0.227 e. The van der Waals surface area contributed by atoms with Crippen molar-refractivity contribution >= 4 is 11.9 Å². The highest BCUT2D eigenvalue weighted by Gasteiger charge is 2.31. The Hall–Kier alpha value is -3.28. The van der Waals surface area contributed by atoms with Crippen LogP contribution in [0.4, 0.5) is 5.95 Å². The Morgan fingerprint density at radius 1 is 1.06 bits per heavy atom. The Morgan fingerprint density at radius 2 is 1.84 bits per heavy atom. The molecule has 2 aromatic heterocycles. The second-order valence-corrected chi connectivity index (χ2v) is 8.82. The third-order valence-electron chi connectivity index (χ3n) is 6.13. The molecule has 0 aliphatic carbocycles. The highest BCUT2D eigenvalue weighted by Crippen LogP contribution is 2.37. The normalized spacial score (nSPS) is 16.1. The van der Waals surface area contributed by atoms with Crippen LogP contribution in [0.1, 0.15) is 47.7 Å². The van der Waals surface area contributed by atoms with E-state index in [1.54, 1.807) is 6.20 Å². The lowest BCUT2D eigenvalue weighted by atomic mass is 9.92. The Balaban J connectivity index is 1.73. The van der Waals surface area contributed by atoms with Gasteiger partial charge in [0.05, 0.1) is 18.2 Å². The summed E-state index contributed by atoms with van der Waals surface area (Å²) >= 11 is 0. The minimum Gasteiger partial charge on any atom is -0.347 e. The molecule has 0 radical (unpaired) electrons. The lowest BCUT2D eigenvalue weighted by Crippen LogP contribution is -2.40. The van der Waals surface area contributed by atoms with Crippen LogP contribution in [0.15, 0.2) is 48.9 Å². The van der Waals surface area contributed by atoms with Crippen LogP contribution in [0.3, 0.4) is 0 Å². The Bertz CT molecular complexity index is 1090. The first-order valence-corrected chi connectivity index (χ1v) is 11.2. The summed E-state index contributed by atoms with van der Waals surface area (Å²) in [6.07, 6.45) is 8.97. The van der Waals surface area contributed by atoms with Crippen LogP contribution in [0.25, 0.3) is 11.1 Å². The number of aryl methyl sites for hydroxylation is 2. The number of benzene rings is 1. The molecule has 0 bridgehead atoms. The maximum atomic E-state index is 13.4. The van der Waals surface area contributed by atoms with Gasteiger partial charge in [0.25, 0.3) is 0 Å². The molecule has 0 spiro atoms. The number of likely N-dealkylation sites (tertiary alicyclic amines) is 1. The topological polar surface area (TPSA) is 62.2 Å². The van der Waals surface area contributed by atoms with Crippen LogP contribution >= 0.6 is 0 Å². The molecule has 32 heavy (non-hydrogen) atoms. The molecule has 1 aliphatic rings. The molecule has 0 unspecified atom stereocenters. The van der Waals surface area contributed by atoms with E-state index in [0.717, 1.165) is 53.8 Å². The van der Waals surface area contributed by atoms with Gasteiger partial charge in [-0.3, -0.25) is 9.78 Å². The number of piperidine rings is 1. The number of carbonyl (C=O) groups is 1. The molecular formula is C26H31N5O. The number of amides is 1. The van der Waals surface area contributed by atoms with Gasteiger partial charge in [0.2, 0.25) is 11.9 Å². The second-order valence-electron chi connectivity index (χ2n) is 8.82. The van der Waals surface area contributed by atoms with Gasteiger partial charge in [0.15, 0.2) is 0 Å². The van der Waals surface area contributed by atoms with E-state index >= 15 is 0 Å². The van der Waals surface area contributed by atoms with E-state index in [0.29, 0.717) is 12.4 Å². The van der Waals surface area contributed by atoms with Gasteiger partial charge in [0.1, 0.15) is 0 Å². The minimum atomic E-state index is -0.0639. The minimum absolute atomic E-state index is 0.0639. The third kappa shape index (κ3) is 4.64. The van der Waals surface area contributed by atoms with Crippen molar-refractivity contribution in [1.82, 2.24) is 19.9 Å². The summed E-state index contributed by atoms with van der Waals surface area (Å²) in [6.45, 7) is 4.87. The molecule has 0 N–H and O–H groups in total. The molecule has 6 nitrogen and oxygen atoms in total. The lowest BCUT2D eigenvalue weighted by molar-refractivity contribution is -0.134. The summed E-state index contributed by atoms with van der Waals surface area (Å²) in [5, 5.41) is 0. The average molecular weight is 430 g/mol. The Labute approximate surface area is 190 Å². The van der Waals surface area contributed by atoms with Crippen molar-refractivity contribution in [3.8, 4) is 11.1 Å². The first-order chi connectivity index (χ1) is 15.4. The van der Waals surface area contributed by atoms with E-state index in [-0.39, 0.29) is 11.9 Å². The zero-order valence-electron chi connectivity index (χ0n) is 19.4.